The average Bonchev–Trinajstić information content (AvgIpc) is 2.62. The van der Waals surface area contributed by atoms with Gasteiger partial charge in [-0.3, -0.25) is 4.79 Å². The van der Waals surface area contributed by atoms with Crippen LogP contribution in [0.15, 0.2) is 48.8 Å². The average molecular weight is 387 g/mol. The lowest BCUT2D eigenvalue weighted by molar-refractivity contribution is 0.102. The molecule has 1 aromatic heterocycles. The second-order valence-electron chi connectivity index (χ2n) is 5.80. The van der Waals surface area contributed by atoms with Crippen LogP contribution in [-0.2, 0) is 0 Å². The number of carbonyl (C=O) groups is 1. The van der Waals surface area contributed by atoms with Crippen LogP contribution < -0.4 is 10.6 Å². The van der Waals surface area contributed by atoms with Crippen molar-refractivity contribution in [2.45, 2.75) is 13.8 Å². The Morgan fingerprint density at radius 1 is 0.885 bits per heavy atom. The van der Waals surface area contributed by atoms with E-state index >= 15 is 0 Å². The monoisotopic (exact) mass is 386 g/mol. The van der Waals surface area contributed by atoms with E-state index in [2.05, 4.69) is 20.6 Å². The molecule has 0 fully saturated rings. The predicted molar refractivity (Wildman–Crippen MR) is 106 cm³/mol. The predicted octanol–water partition coefficient (Wildman–Crippen LogP) is 5.40. The lowest BCUT2D eigenvalue weighted by Gasteiger charge is -2.08. The number of rotatable bonds is 4. The van der Waals surface area contributed by atoms with Gasteiger partial charge in [-0.25, -0.2) is 9.97 Å². The number of carbonyl (C=O) groups excluding carboxylic acids is 1. The summed E-state index contributed by atoms with van der Waals surface area (Å²) in [7, 11) is 0. The van der Waals surface area contributed by atoms with Crippen molar-refractivity contribution >= 4 is 46.4 Å². The molecule has 3 rings (SSSR count). The molecule has 2 N–H and O–H groups in total. The molecular weight excluding hydrogens is 371 g/mol. The van der Waals surface area contributed by atoms with Crippen molar-refractivity contribution in [1.29, 1.82) is 0 Å². The molecule has 0 bridgehead atoms. The van der Waals surface area contributed by atoms with Crippen LogP contribution >= 0.6 is 23.2 Å². The molecule has 0 spiro atoms. The third-order valence-electron chi connectivity index (χ3n) is 3.77. The zero-order chi connectivity index (χ0) is 18.7. The van der Waals surface area contributed by atoms with Gasteiger partial charge in [0.1, 0.15) is 0 Å². The fourth-order valence-corrected chi connectivity index (χ4v) is 2.54. The summed E-state index contributed by atoms with van der Waals surface area (Å²) in [6.45, 7) is 3.83. The molecule has 0 aliphatic heterocycles. The standard InChI is InChI=1S/C19H16Cl2N4O/c1-11-3-5-14(7-16(11)20)24-18(26)13-9-22-19(23-10-13)25-15-6-4-12(2)17(21)8-15/h3-10H,1-2H3,(H,24,26)(H,22,23,25). The molecule has 0 saturated heterocycles. The summed E-state index contributed by atoms with van der Waals surface area (Å²) in [6.07, 6.45) is 2.91. The molecule has 5 nitrogen and oxygen atoms in total. The Bertz CT molecular complexity index is 958. The first-order chi connectivity index (χ1) is 12.4. The molecule has 0 unspecified atom stereocenters. The minimum absolute atomic E-state index is 0.310. The molecule has 0 radical (unpaired) electrons. The minimum atomic E-state index is -0.310. The number of benzene rings is 2. The third-order valence-corrected chi connectivity index (χ3v) is 4.59. The number of nitrogens with zero attached hydrogens (tertiary/aromatic N) is 2. The number of amides is 1. The second-order valence-corrected chi connectivity index (χ2v) is 6.62. The van der Waals surface area contributed by atoms with Gasteiger partial charge in [0.15, 0.2) is 0 Å². The molecule has 3 aromatic rings. The smallest absolute Gasteiger partial charge is 0.258 e. The van der Waals surface area contributed by atoms with E-state index in [1.54, 1.807) is 18.2 Å². The van der Waals surface area contributed by atoms with Gasteiger partial charge in [0.05, 0.1) is 5.56 Å². The molecule has 132 valence electrons. The Morgan fingerprint density at radius 2 is 1.42 bits per heavy atom. The quantitative estimate of drug-likeness (QED) is 0.629. The van der Waals surface area contributed by atoms with E-state index in [-0.39, 0.29) is 5.91 Å². The normalized spacial score (nSPS) is 10.5. The number of anilines is 3. The summed E-state index contributed by atoms with van der Waals surface area (Å²) >= 11 is 12.2. The van der Waals surface area contributed by atoms with Crippen molar-refractivity contribution < 1.29 is 4.79 Å². The largest absolute Gasteiger partial charge is 0.324 e. The molecule has 1 amide bonds. The van der Waals surface area contributed by atoms with Gasteiger partial charge in [0.25, 0.3) is 5.91 Å². The third kappa shape index (κ3) is 4.31. The maximum atomic E-state index is 12.3. The lowest BCUT2D eigenvalue weighted by Crippen LogP contribution is -2.13. The molecular formula is C19H16Cl2N4O. The minimum Gasteiger partial charge on any atom is -0.324 e. The number of halogens is 2. The summed E-state index contributed by atoms with van der Waals surface area (Å²) in [5, 5.41) is 7.06. The van der Waals surface area contributed by atoms with Gasteiger partial charge >= 0.3 is 0 Å². The van der Waals surface area contributed by atoms with Crippen molar-refractivity contribution in [3.63, 3.8) is 0 Å². The summed E-state index contributed by atoms with van der Waals surface area (Å²) in [4.78, 5) is 20.6. The zero-order valence-corrected chi connectivity index (χ0v) is 15.7. The Labute approximate surface area is 161 Å². The number of hydrogen-bond donors (Lipinski definition) is 2. The first-order valence-corrected chi connectivity index (χ1v) is 8.61. The Balaban J connectivity index is 1.69. The first-order valence-electron chi connectivity index (χ1n) is 7.85. The maximum Gasteiger partial charge on any atom is 0.258 e. The Morgan fingerprint density at radius 3 is 2.00 bits per heavy atom. The van der Waals surface area contributed by atoms with Crippen LogP contribution in [0.4, 0.5) is 17.3 Å². The van der Waals surface area contributed by atoms with E-state index in [9.17, 15) is 4.79 Å². The highest BCUT2D eigenvalue weighted by atomic mass is 35.5. The lowest BCUT2D eigenvalue weighted by atomic mass is 10.2. The highest BCUT2D eigenvalue weighted by Gasteiger charge is 2.09. The van der Waals surface area contributed by atoms with Gasteiger partial charge in [0, 0.05) is 33.8 Å². The van der Waals surface area contributed by atoms with Gasteiger partial charge in [0.2, 0.25) is 5.95 Å². The van der Waals surface area contributed by atoms with Crippen LogP contribution in [0.2, 0.25) is 10.0 Å². The summed E-state index contributed by atoms with van der Waals surface area (Å²) in [5.41, 5.74) is 3.66. The van der Waals surface area contributed by atoms with Gasteiger partial charge in [-0.05, 0) is 49.2 Å². The van der Waals surface area contributed by atoms with Crippen molar-refractivity contribution in [1.82, 2.24) is 9.97 Å². The van der Waals surface area contributed by atoms with Gasteiger partial charge in [-0.2, -0.15) is 0 Å². The van der Waals surface area contributed by atoms with Crippen LogP contribution in [-0.4, -0.2) is 15.9 Å². The highest BCUT2D eigenvalue weighted by Crippen LogP contribution is 2.22. The molecule has 0 saturated carbocycles. The zero-order valence-electron chi connectivity index (χ0n) is 14.2. The fourth-order valence-electron chi connectivity index (χ4n) is 2.18. The molecule has 0 aliphatic carbocycles. The molecule has 0 aliphatic rings. The fraction of sp³-hybridized carbons (Fsp3) is 0.105. The van der Waals surface area contributed by atoms with E-state index < -0.39 is 0 Å². The van der Waals surface area contributed by atoms with Crippen molar-refractivity contribution in [3.8, 4) is 0 Å². The molecule has 26 heavy (non-hydrogen) atoms. The number of aryl methyl sites for hydroxylation is 2. The van der Waals surface area contributed by atoms with Crippen molar-refractivity contribution in [2.75, 3.05) is 10.6 Å². The number of aromatic nitrogens is 2. The molecule has 2 aromatic carbocycles. The van der Waals surface area contributed by atoms with Crippen molar-refractivity contribution in [2.24, 2.45) is 0 Å². The summed E-state index contributed by atoms with van der Waals surface area (Å²) < 4.78 is 0. The highest BCUT2D eigenvalue weighted by molar-refractivity contribution is 6.32. The number of nitrogens with one attached hydrogen (secondary N) is 2. The molecule has 7 heteroatoms. The summed E-state index contributed by atoms with van der Waals surface area (Å²) in [6, 6.07) is 10.9. The topological polar surface area (TPSA) is 66.9 Å². The first kappa shape index (κ1) is 18.2. The van der Waals surface area contributed by atoms with E-state index in [1.807, 2.05) is 32.0 Å². The van der Waals surface area contributed by atoms with Crippen LogP contribution in [0.1, 0.15) is 21.5 Å². The van der Waals surface area contributed by atoms with E-state index in [1.165, 1.54) is 12.4 Å². The Hall–Kier alpha value is -2.63. The van der Waals surface area contributed by atoms with E-state index in [0.717, 1.165) is 16.8 Å². The number of hydrogen-bond acceptors (Lipinski definition) is 4. The Kier molecular flexibility index (Phi) is 5.40. The maximum absolute atomic E-state index is 12.3. The van der Waals surface area contributed by atoms with Crippen LogP contribution in [0.3, 0.4) is 0 Å². The second kappa shape index (κ2) is 7.72. The van der Waals surface area contributed by atoms with Crippen molar-refractivity contribution in [3.05, 3.63) is 75.5 Å². The van der Waals surface area contributed by atoms with E-state index in [0.29, 0.717) is 27.2 Å². The van der Waals surface area contributed by atoms with Crippen LogP contribution in [0, 0.1) is 13.8 Å². The van der Waals surface area contributed by atoms with Gasteiger partial charge in [-0.15, -0.1) is 0 Å². The van der Waals surface area contributed by atoms with E-state index in [4.69, 9.17) is 23.2 Å². The molecule has 0 atom stereocenters. The molecule has 1 heterocycles. The van der Waals surface area contributed by atoms with Crippen LogP contribution in [0.5, 0.6) is 0 Å². The van der Waals surface area contributed by atoms with Gasteiger partial charge in [-0.1, -0.05) is 35.3 Å². The SMILES string of the molecule is Cc1ccc(NC(=O)c2cnc(Nc3ccc(C)c(Cl)c3)nc2)cc1Cl. The van der Waals surface area contributed by atoms with Crippen LogP contribution in [0.25, 0.3) is 0 Å². The summed E-state index contributed by atoms with van der Waals surface area (Å²) in [5.74, 6) is 0.0645. The van der Waals surface area contributed by atoms with Gasteiger partial charge < -0.3 is 10.6 Å².